The molecule has 42 heavy (non-hydrogen) atoms. The first-order valence-electron chi connectivity index (χ1n) is 14.9. The van der Waals surface area contributed by atoms with E-state index in [1.807, 2.05) is 30.3 Å². The van der Waals surface area contributed by atoms with Crippen molar-refractivity contribution >= 4 is 23.9 Å². The smallest absolute Gasteiger partial charge is 0.407 e. The fourth-order valence-corrected chi connectivity index (χ4v) is 4.82. The first-order valence-corrected chi connectivity index (χ1v) is 14.9. The zero-order valence-corrected chi connectivity index (χ0v) is 24.6. The van der Waals surface area contributed by atoms with Crippen LogP contribution in [0.1, 0.15) is 69.8 Å². The number of carbonyl (C=O) groups is 4. The molecule has 1 saturated heterocycles. The van der Waals surface area contributed by atoms with Gasteiger partial charge in [0, 0.05) is 25.9 Å². The lowest BCUT2D eigenvalue weighted by atomic mass is 9.98. The Morgan fingerprint density at radius 2 is 1.86 bits per heavy atom. The lowest BCUT2D eigenvalue weighted by Crippen LogP contribution is -2.44. The monoisotopic (exact) mass is 585 g/mol. The highest BCUT2D eigenvalue weighted by molar-refractivity contribution is 5.86. The minimum Gasteiger partial charge on any atom is -0.463 e. The zero-order chi connectivity index (χ0) is 30.6. The summed E-state index contributed by atoms with van der Waals surface area (Å²) in [6, 6.07) is 8.74. The molecule has 1 aliphatic rings. The van der Waals surface area contributed by atoms with Crippen LogP contribution in [-0.4, -0.2) is 72.3 Å². The number of hydrogen-bond acceptors (Lipinski definition) is 7. The Hall–Kier alpha value is -3.66. The highest BCUT2D eigenvalue weighted by Crippen LogP contribution is 2.21. The van der Waals surface area contributed by atoms with Gasteiger partial charge in [-0.05, 0) is 56.9 Å². The summed E-state index contributed by atoms with van der Waals surface area (Å²) < 4.78 is 10.7. The topological polar surface area (TPSA) is 134 Å². The van der Waals surface area contributed by atoms with Crippen molar-refractivity contribution in [3.05, 3.63) is 61.2 Å². The molecule has 1 aliphatic heterocycles. The number of hydrogen-bond donors (Lipinski definition) is 3. The summed E-state index contributed by atoms with van der Waals surface area (Å²) in [5.41, 5.74) is 0.898. The van der Waals surface area contributed by atoms with Crippen molar-refractivity contribution in [1.29, 1.82) is 0 Å². The Labute approximate surface area is 249 Å². The second-order valence-corrected chi connectivity index (χ2v) is 10.5. The van der Waals surface area contributed by atoms with Gasteiger partial charge in [-0.3, -0.25) is 14.4 Å². The molecule has 0 spiro atoms. The van der Waals surface area contributed by atoms with E-state index in [4.69, 9.17) is 9.47 Å². The van der Waals surface area contributed by atoms with E-state index in [0.29, 0.717) is 51.6 Å². The van der Waals surface area contributed by atoms with E-state index >= 15 is 0 Å². The maximum Gasteiger partial charge on any atom is 0.407 e. The molecule has 3 N–H and O–H groups in total. The van der Waals surface area contributed by atoms with Crippen molar-refractivity contribution in [3.63, 3.8) is 0 Å². The van der Waals surface area contributed by atoms with Crippen LogP contribution >= 0.6 is 0 Å². The molecule has 10 heteroatoms. The molecule has 3 amide bonds. The van der Waals surface area contributed by atoms with E-state index < -0.39 is 18.1 Å². The highest BCUT2D eigenvalue weighted by Gasteiger charge is 2.31. The van der Waals surface area contributed by atoms with Crippen LogP contribution in [0.3, 0.4) is 0 Å². The number of amides is 3. The minimum absolute atomic E-state index is 0.0113. The maximum atomic E-state index is 13.3. The van der Waals surface area contributed by atoms with Crippen LogP contribution in [0.2, 0.25) is 0 Å². The van der Waals surface area contributed by atoms with Gasteiger partial charge >= 0.3 is 12.1 Å². The van der Waals surface area contributed by atoms with Gasteiger partial charge in [0.05, 0.1) is 24.6 Å². The molecule has 232 valence electrons. The molecule has 1 heterocycles. The number of benzene rings is 1. The van der Waals surface area contributed by atoms with Crippen molar-refractivity contribution in [2.75, 3.05) is 26.3 Å². The van der Waals surface area contributed by atoms with Crippen LogP contribution < -0.4 is 10.6 Å². The number of alkyl carbamates (subject to hydrolysis) is 1. The van der Waals surface area contributed by atoms with Crippen molar-refractivity contribution in [2.24, 2.45) is 5.92 Å². The Kier molecular flexibility index (Phi) is 16.7. The molecule has 0 aliphatic carbocycles. The average Bonchev–Trinajstić information content (AvgIpc) is 3.48. The molecule has 2 rings (SSSR count). The van der Waals surface area contributed by atoms with E-state index in [0.717, 1.165) is 18.4 Å². The average molecular weight is 586 g/mol. The number of carbonyl (C=O) groups excluding carboxylic acids is 4. The Balaban J connectivity index is 1.87. The second kappa shape index (κ2) is 20.3. The fraction of sp³-hybridized carbons (Fsp3) is 0.562. The normalized spacial score (nSPS) is 15.7. The number of nitrogens with one attached hydrogen (secondary N) is 2. The minimum atomic E-state index is -0.623. The summed E-state index contributed by atoms with van der Waals surface area (Å²) in [6.07, 6.45) is 8.16. The molecule has 3 unspecified atom stereocenters. The predicted molar refractivity (Wildman–Crippen MR) is 160 cm³/mol. The third-order valence-corrected chi connectivity index (χ3v) is 7.19. The van der Waals surface area contributed by atoms with Gasteiger partial charge in [-0.2, -0.15) is 0 Å². The number of allylic oxidation sites excluding steroid dienone is 2. The summed E-state index contributed by atoms with van der Waals surface area (Å²) >= 11 is 0. The number of esters is 1. The molecule has 0 aromatic heterocycles. The number of unbranched alkanes of at least 4 members (excludes halogenated alkanes) is 2. The largest absolute Gasteiger partial charge is 0.463 e. The number of likely N-dealkylation sites (tertiary alicyclic amines) is 1. The molecule has 1 fully saturated rings. The third-order valence-electron chi connectivity index (χ3n) is 7.19. The van der Waals surface area contributed by atoms with Gasteiger partial charge in [0.1, 0.15) is 13.2 Å². The van der Waals surface area contributed by atoms with Crippen LogP contribution in [0.4, 0.5) is 4.79 Å². The quantitative estimate of drug-likeness (QED) is 0.119. The first-order chi connectivity index (χ1) is 20.4. The van der Waals surface area contributed by atoms with Crippen molar-refractivity contribution < 1.29 is 33.8 Å². The standard InChI is InChI=1S/C32H47N3O7/c1-3-5-7-18-30(38)41-24-27(16-10-11-19-33-32(40)42-23-25-14-8-6-9-15-25)34-31(39)26(13-4-2)21-29(37)35-20-12-17-28(35)22-36/h3-4,6,8-9,14-15,26-28,36H,1-2,5,7,10-13,16-24H2,(H,33,40)(H,34,39). The number of ether oxygens (including phenoxy) is 2. The number of rotatable bonds is 20. The first kappa shape index (κ1) is 34.5. The Bertz CT molecular complexity index is 1000. The van der Waals surface area contributed by atoms with Gasteiger partial charge in [-0.25, -0.2) is 4.79 Å². The van der Waals surface area contributed by atoms with E-state index in [1.165, 1.54) is 0 Å². The number of aliphatic hydroxyl groups is 1. The highest BCUT2D eigenvalue weighted by atomic mass is 16.5. The van der Waals surface area contributed by atoms with Gasteiger partial charge in [0.25, 0.3) is 0 Å². The van der Waals surface area contributed by atoms with Gasteiger partial charge < -0.3 is 30.1 Å². The lowest BCUT2D eigenvalue weighted by Gasteiger charge is -2.26. The summed E-state index contributed by atoms with van der Waals surface area (Å²) in [4.78, 5) is 52.0. The summed E-state index contributed by atoms with van der Waals surface area (Å²) in [5.74, 6) is -1.44. The summed E-state index contributed by atoms with van der Waals surface area (Å²) in [5, 5.41) is 15.3. The van der Waals surface area contributed by atoms with Gasteiger partial charge in [-0.1, -0.05) is 42.5 Å². The molecule has 1 aromatic carbocycles. The van der Waals surface area contributed by atoms with Crippen LogP contribution in [0.15, 0.2) is 55.6 Å². The Morgan fingerprint density at radius 3 is 2.57 bits per heavy atom. The van der Waals surface area contributed by atoms with Crippen LogP contribution in [0.5, 0.6) is 0 Å². The molecule has 0 saturated carbocycles. The van der Waals surface area contributed by atoms with Crippen molar-refractivity contribution in [3.8, 4) is 0 Å². The van der Waals surface area contributed by atoms with E-state index in [9.17, 15) is 24.3 Å². The fourth-order valence-electron chi connectivity index (χ4n) is 4.82. The third kappa shape index (κ3) is 13.3. The molecular weight excluding hydrogens is 538 g/mol. The molecule has 0 bridgehead atoms. The molecule has 0 radical (unpaired) electrons. The van der Waals surface area contributed by atoms with Crippen molar-refractivity contribution in [1.82, 2.24) is 15.5 Å². The van der Waals surface area contributed by atoms with Gasteiger partial charge in [0.2, 0.25) is 11.8 Å². The summed E-state index contributed by atoms with van der Waals surface area (Å²) in [6.45, 7) is 8.47. The van der Waals surface area contributed by atoms with Crippen LogP contribution in [-0.2, 0) is 30.5 Å². The Morgan fingerprint density at radius 1 is 1.07 bits per heavy atom. The molecular formula is C32H47N3O7. The number of nitrogens with zero attached hydrogens (tertiary/aromatic N) is 1. The number of aliphatic hydroxyl groups excluding tert-OH is 1. The van der Waals surface area contributed by atoms with Crippen LogP contribution in [0.25, 0.3) is 0 Å². The zero-order valence-electron chi connectivity index (χ0n) is 24.6. The van der Waals surface area contributed by atoms with E-state index in [1.54, 1.807) is 17.1 Å². The lowest BCUT2D eigenvalue weighted by molar-refractivity contribution is -0.145. The van der Waals surface area contributed by atoms with Crippen LogP contribution in [0, 0.1) is 5.92 Å². The SMILES string of the molecule is C=CCCCC(=O)OCC(CCCCNC(=O)OCc1ccccc1)NC(=O)C(CC=C)CC(=O)N1CCCC1CO. The maximum absolute atomic E-state index is 13.3. The molecule has 1 aromatic rings. The van der Waals surface area contributed by atoms with E-state index in [2.05, 4.69) is 23.8 Å². The molecule has 10 nitrogen and oxygen atoms in total. The van der Waals surface area contributed by atoms with Gasteiger partial charge in [-0.15, -0.1) is 13.2 Å². The van der Waals surface area contributed by atoms with E-state index in [-0.39, 0.29) is 56.5 Å². The second-order valence-electron chi connectivity index (χ2n) is 10.5. The summed E-state index contributed by atoms with van der Waals surface area (Å²) in [7, 11) is 0. The predicted octanol–water partition coefficient (Wildman–Crippen LogP) is 4.03. The molecule has 3 atom stereocenters. The van der Waals surface area contributed by atoms with Gasteiger partial charge in [0.15, 0.2) is 0 Å². The van der Waals surface area contributed by atoms with Crippen molar-refractivity contribution in [2.45, 2.75) is 82.9 Å².